The van der Waals surface area contributed by atoms with Gasteiger partial charge in [0.25, 0.3) is 15.9 Å². The Balaban J connectivity index is 2.01. The smallest absolute Gasteiger partial charge is 0.286 e. The van der Waals surface area contributed by atoms with Crippen LogP contribution in [0.2, 0.25) is 0 Å². The molecule has 0 radical (unpaired) electrons. The van der Waals surface area contributed by atoms with E-state index in [0.717, 1.165) is 6.42 Å². The average Bonchev–Trinajstić information content (AvgIpc) is 2.82. The van der Waals surface area contributed by atoms with Crippen molar-refractivity contribution in [2.24, 2.45) is 16.2 Å². The van der Waals surface area contributed by atoms with Crippen molar-refractivity contribution in [1.29, 1.82) is 0 Å². The molecule has 3 rings (SSSR count). The van der Waals surface area contributed by atoms with E-state index in [4.69, 9.17) is 0 Å². The van der Waals surface area contributed by atoms with Gasteiger partial charge in [0, 0.05) is 6.54 Å². The summed E-state index contributed by atoms with van der Waals surface area (Å²) in [4.78, 5) is 14.8. The van der Waals surface area contributed by atoms with E-state index in [2.05, 4.69) is 23.6 Å². The monoisotopic (exact) mass is 405 g/mol. The second kappa shape index (κ2) is 7.58. The molecule has 2 aliphatic heterocycles. The van der Waals surface area contributed by atoms with Gasteiger partial charge in [0.05, 0.1) is 11.7 Å². The van der Waals surface area contributed by atoms with Crippen LogP contribution < -0.4 is 5.32 Å². The molecule has 2 N–H and O–H groups in total. The maximum absolute atomic E-state index is 13.1. The molecule has 0 aromatic heterocycles. The van der Waals surface area contributed by atoms with Gasteiger partial charge in [-0.05, 0) is 36.8 Å². The van der Waals surface area contributed by atoms with Crippen molar-refractivity contribution >= 4 is 27.5 Å². The zero-order chi connectivity index (χ0) is 20.6. The number of amides is 1. The molecule has 1 aromatic rings. The van der Waals surface area contributed by atoms with Gasteiger partial charge in [-0.2, -0.15) is 8.42 Å². The van der Waals surface area contributed by atoms with E-state index in [-0.39, 0.29) is 33.9 Å². The van der Waals surface area contributed by atoms with Crippen molar-refractivity contribution in [2.75, 3.05) is 11.9 Å². The average molecular weight is 406 g/mol. The zero-order valence-corrected chi connectivity index (χ0v) is 17.5. The van der Waals surface area contributed by atoms with Crippen LogP contribution >= 0.6 is 0 Å². The molecule has 0 spiro atoms. The minimum atomic E-state index is -3.95. The van der Waals surface area contributed by atoms with Crippen molar-refractivity contribution in [3.63, 3.8) is 0 Å². The number of nitrogens with one attached hydrogen (secondary N) is 1. The number of nitrogens with zero attached hydrogens (tertiary/aromatic N) is 2. The van der Waals surface area contributed by atoms with E-state index >= 15 is 0 Å². The van der Waals surface area contributed by atoms with Gasteiger partial charge in [-0.1, -0.05) is 39.8 Å². The van der Waals surface area contributed by atoms with E-state index in [1.165, 1.54) is 6.07 Å². The highest BCUT2D eigenvalue weighted by atomic mass is 32.2. The number of para-hydroxylation sites is 1. The number of benzene rings is 1. The van der Waals surface area contributed by atoms with Crippen LogP contribution in [0.4, 0.5) is 5.69 Å². The summed E-state index contributed by atoms with van der Waals surface area (Å²) in [7, 11) is -3.95. The van der Waals surface area contributed by atoms with Gasteiger partial charge in [-0.15, -0.1) is 4.40 Å². The summed E-state index contributed by atoms with van der Waals surface area (Å²) in [5.74, 6) is 0.0533. The first-order valence-electron chi connectivity index (χ1n) is 9.57. The SMILES string of the molecule is CC(C)CCN1C(=O)C(C2=NS(=O)(=O)c3ccccc3N2)=C(O)[C@@H]1CC(C)C. The Kier molecular flexibility index (Phi) is 5.52. The Labute approximate surface area is 166 Å². The lowest BCUT2D eigenvalue weighted by atomic mass is 10.0. The molecule has 8 heteroatoms. The summed E-state index contributed by atoms with van der Waals surface area (Å²) in [5, 5.41) is 13.8. The van der Waals surface area contributed by atoms with Crippen LogP contribution in [-0.2, 0) is 14.8 Å². The number of sulfonamides is 1. The lowest BCUT2D eigenvalue weighted by Crippen LogP contribution is -2.38. The molecule has 1 atom stereocenters. The maximum Gasteiger partial charge on any atom is 0.286 e. The van der Waals surface area contributed by atoms with Crippen molar-refractivity contribution in [1.82, 2.24) is 4.90 Å². The molecular weight excluding hydrogens is 378 g/mol. The number of carbonyl (C=O) groups is 1. The zero-order valence-electron chi connectivity index (χ0n) is 16.6. The van der Waals surface area contributed by atoms with Crippen molar-refractivity contribution in [3.8, 4) is 0 Å². The first-order valence-corrected chi connectivity index (χ1v) is 11.0. The molecule has 7 nitrogen and oxygen atoms in total. The summed E-state index contributed by atoms with van der Waals surface area (Å²) in [6.07, 6.45) is 1.39. The molecule has 2 heterocycles. The fourth-order valence-electron chi connectivity index (χ4n) is 3.49. The van der Waals surface area contributed by atoms with Crippen LogP contribution in [0.3, 0.4) is 0 Å². The minimum Gasteiger partial charge on any atom is -0.509 e. The third-order valence-electron chi connectivity index (χ3n) is 4.93. The fourth-order valence-corrected chi connectivity index (χ4v) is 4.62. The van der Waals surface area contributed by atoms with E-state index < -0.39 is 16.1 Å². The number of anilines is 1. The van der Waals surface area contributed by atoms with E-state index in [9.17, 15) is 18.3 Å². The van der Waals surface area contributed by atoms with E-state index in [1.807, 2.05) is 13.8 Å². The number of fused-ring (bicyclic) bond motifs is 1. The molecule has 1 amide bonds. The topological polar surface area (TPSA) is 99.1 Å². The maximum atomic E-state index is 13.1. The van der Waals surface area contributed by atoms with Crippen molar-refractivity contribution in [2.45, 2.75) is 51.5 Å². The minimum absolute atomic E-state index is 0.0486. The number of hydrogen-bond acceptors (Lipinski definition) is 5. The van der Waals surface area contributed by atoms with Gasteiger partial charge in [0.2, 0.25) is 0 Å². The summed E-state index contributed by atoms with van der Waals surface area (Å²) in [5.41, 5.74) is 0.300. The molecule has 0 fully saturated rings. The number of amidine groups is 1. The summed E-state index contributed by atoms with van der Waals surface area (Å²) < 4.78 is 28.9. The summed E-state index contributed by atoms with van der Waals surface area (Å²) in [6, 6.07) is 5.92. The Morgan fingerprint density at radius 2 is 1.86 bits per heavy atom. The molecule has 1 aromatic carbocycles. The Morgan fingerprint density at radius 1 is 1.18 bits per heavy atom. The predicted molar refractivity (Wildman–Crippen MR) is 109 cm³/mol. The molecule has 28 heavy (non-hydrogen) atoms. The highest BCUT2D eigenvalue weighted by Gasteiger charge is 2.43. The third kappa shape index (κ3) is 3.78. The van der Waals surface area contributed by atoms with Crippen LogP contribution in [0.15, 0.2) is 44.9 Å². The van der Waals surface area contributed by atoms with Gasteiger partial charge in [-0.25, -0.2) is 0 Å². The largest absolute Gasteiger partial charge is 0.509 e. The highest BCUT2D eigenvalue weighted by Crippen LogP contribution is 2.34. The van der Waals surface area contributed by atoms with Crippen LogP contribution in [0.25, 0.3) is 0 Å². The van der Waals surface area contributed by atoms with Crippen LogP contribution in [0.5, 0.6) is 0 Å². The number of rotatable bonds is 6. The highest BCUT2D eigenvalue weighted by molar-refractivity contribution is 7.90. The standard InChI is InChI=1S/C20H27N3O4S/c1-12(2)9-10-23-15(11-13(3)4)18(24)17(20(23)25)19-21-14-7-5-6-8-16(14)28(26,27)22-19/h5-8,12-13,15,24H,9-11H2,1-4H3,(H,21,22)/t15-/m0/s1. The molecule has 0 saturated carbocycles. The first-order chi connectivity index (χ1) is 13.1. The molecule has 2 aliphatic rings. The quantitative estimate of drug-likeness (QED) is 0.756. The molecule has 152 valence electrons. The van der Waals surface area contributed by atoms with E-state index in [1.54, 1.807) is 23.1 Å². The lowest BCUT2D eigenvalue weighted by molar-refractivity contribution is -0.127. The Bertz CT molecular complexity index is 948. The number of aliphatic hydroxyl groups excluding tert-OH is 1. The van der Waals surface area contributed by atoms with Crippen LogP contribution in [0.1, 0.15) is 40.5 Å². The first kappa shape index (κ1) is 20.4. The lowest BCUT2D eigenvalue weighted by Gasteiger charge is -2.27. The second-order valence-electron chi connectivity index (χ2n) is 8.12. The van der Waals surface area contributed by atoms with Gasteiger partial charge in [0.1, 0.15) is 16.2 Å². The Hall–Kier alpha value is -2.35. The van der Waals surface area contributed by atoms with Gasteiger partial charge >= 0.3 is 0 Å². The molecule has 0 bridgehead atoms. The van der Waals surface area contributed by atoms with Crippen LogP contribution in [0, 0.1) is 11.8 Å². The molecular formula is C20H27N3O4S. The molecule has 0 aliphatic carbocycles. The van der Waals surface area contributed by atoms with Crippen LogP contribution in [-0.4, -0.2) is 42.8 Å². The number of hydrogen-bond donors (Lipinski definition) is 2. The second-order valence-corrected chi connectivity index (χ2v) is 9.70. The van der Waals surface area contributed by atoms with Gasteiger partial charge < -0.3 is 15.3 Å². The normalized spacial score (nSPS) is 21.2. The fraction of sp³-hybridized carbons (Fsp3) is 0.500. The Morgan fingerprint density at radius 3 is 2.50 bits per heavy atom. The van der Waals surface area contributed by atoms with Crippen molar-refractivity contribution in [3.05, 3.63) is 35.6 Å². The van der Waals surface area contributed by atoms with E-state index in [0.29, 0.717) is 24.6 Å². The predicted octanol–water partition coefficient (Wildman–Crippen LogP) is 3.31. The molecule has 0 unspecified atom stereocenters. The van der Waals surface area contributed by atoms with Crippen molar-refractivity contribution < 1.29 is 18.3 Å². The summed E-state index contributed by atoms with van der Waals surface area (Å²) >= 11 is 0. The summed E-state index contributed by atoms with van der Waals surface area (Å²) in [6.45, 7) is 8.68. The number of carbonyl (C=O) groups excluding carboxylic acids is 1. The third-order valence-corrected chi connectivity index (χ3v) is 6.27. The number of aliphatic hydroxyl groups is 1. The molecule has 0 saturated heterocycles. The van der Waals surface area contributed by atoms with Gasteiger partial charge in [0.15, 0.2) is 5.84 Å². The van der Waals surface area contributed by atoms with Gasteiger partial charge in [-0.3, -0.25) is 4.79 Å².